The molecule has 1 aromatic rings. The molecule has 112 valence electrons. The van der Waals surface area contributed by atoms with Crippen LogP contribution in [0.15, 0.2) is 18.2 Å². The Balaban J connectivity index is 1.72. The van der Waals surface area contributed by atoms with Crippen LogP contribution in [0.2, 0.25) is 0 Å². The molecule has 21 heavy (non-hydrogen) atoms. The number of carbonyl (C=O) groups is 2. The van der Waals surface area contributed by atoms with Gasteiger partial charge in [-0.05, 0) is 43.9 Å². The largest absolute Gasteiger partial charge is 0.372 e. The van der Waals surface area contributed by atoms with Gasteiger partial charge in [0.25, 0.3) is 0 Å². The maximum absolute atomic E-state index is 12.3. The van der Waals surface area contributed by atoms with E-state index in [1.54, 1.807) is 0 Å². The Morgan fingerprint density at radius 3 is 2.90 bits per heavy atom. The van der Waals surface area contributed by atoms with E-state index in [1.807, 2.05) is 30.0 Å². The van der Waals surface area contributed by atoms with Crippen molar-refractivity contribution in [3.63, 3.8) is 0 Å². The minimum absolute atomic E-state index is 0.0539. The first-order chi connectivity index (χ1) is 10.2. The van der Waals surface area contributed by atoms with Gasteiger partial charge in [0.2, 0.25) is 11.8 Å². The van der Waals surface area contributed by atoms with Gasteiger partial charge in [-0.25, -0.2) is 0 Å². The highest BCUT2D eigenvalue weighted by Crippen LogP contribution is 2.37. The first kappa shape index (κ1) is 14.1. The number of carbonyl (C=O) groups excluding carboxylic acids is 2. The summed E-state index contributed by atoms with van der Waals surface area (Å²) in [6.45, 7) is 3.17. The molecule has 0 bridgehead atoms. The van der Waals surface area contributed by atoms with Crippen LogP contribution in [-0.4, -0.2) is 31.6 Å². The first-order valence-corrected chi connectivity index (χ1v) is 7.51. The third-order valence-corrected chi connectivity index (χ3v) is 3.89. The zero-order valence-corrected chi connectivity index (χ0v) is 12.2. The number of amides is 2. The summed E-state index contributed by atoms with van der Waals surface area (Å²) in [5.41, 5.74) is 2.84. The smallest absolute Gasteiger partial charge is 0.250 e. The van der Waals surface area contributed by atoms with Crippen molar-refractivity contribution < 1.29 is 14.3 Å². The van der Waals surface area contributed by atoms with Crippen molar-refractivity contribution in [2.75, 3.05) is 30.0 Å². The lowest BCUT2D eigenvalue weighted by atomic mass is 10.1. The third-order valence-electron chi connectivity index (χ3n) is 3.89. The molecule has 1 N–H and O–H groups in total. The van der Waals surface area contributed by atoms with E-state index in [2.05, 4.69) is 5.32 Å². The maximum Gasteiger partial charge on any atom is 0.250 e. The average Bonchev–Trinajstić information content (AvgIpc) is 3.24. The fourth-order valence-electron chi connectivity index (χ4n) is 2.63. The SMILES string of the molecule is CCOCC(=O)Nc1ccc2c(c1)N(C(=O)C1CC1)CC2. The number of ether oxygens (including phenoxy) is 1. The van der Waals surface area contributed by atoms with Crippen molar-refractivity contribution in [3.8, 4) is 0 Å². The molecule has 1 aliphatic carbocycles. The Morgan fingerprint density at radius 2 is 2.19 bits per heavy atom. The van der Waals surface area contributed by atoms with Crippen LogP contribution in [0.25, 0.3) is 0 Å². The lowest BCUT2D eigenvalue weighted by Crippen LogP contribution is -2.30. The molecule has 0 saturated heterocycles. The summed E-state index contributed by atoms with van der Waals surface area (Å²) in [5.74, 6) is 0.272. The van der Waals surface area contributed by atoms with E-state index in [-0.39, 0.29) is 24.3 Å². The molecule has 5 heteroatoms. The third kappa shape index (κ3) is 3.08. The summed E-state index contributed by atoms with van der Waals surface area (Å²) in [7, 11) is 0. The van der Waals surface area contributed by atoms with Gasteiger partial charge < -0.3 is 15.0 Å². The van der Waals surface area contributed by atoms with Crippen molar-refractivity contribution in [2.24, 2.45) is 5.92 Å². The summed E-state index contributed by atoms with van der Waals surface area (Å²) in [4.78, 5) is 25.8. The molecule has 5 nitrogen and oxygen atoms in total. The number of anilines is 2. The quantitative estimate of drug-likeness (QED) is 0.901. The molecule has 0 aromatic heterocycles. The molecular weight excluding hydrogens is 268 g/mol. The highest BCUT2D eigenvalue weighted by Gasteiger charge is 2.36. The van der Waals surface area contributed by atoms with Gasteiger partial charge in [0.15, 0.2) is 0 Å². The van der Waals surface area contributed by atoms with Crippen molar-refractivity contribution in [2.45, 2.75) is 26.2 Å². The normalized spacial score (nSPS) is 16.7. The molecule has 3 rings (SSSR count). The van der Waals surface area contributed by atoms with E-state index in [0.717, 1.165) is 31.5 Å². The number of fused-ring (bicyclic) bond motifs is 1. The molecule has 1 aromatic carbocycles. The Bertz CT molecular complexity index is 567. The zero-order chi connectivity index (χ0) is 14.8. The van der Waals surface area contributed by atoms with Crippen LogP contribution in [-0.2, 0) is 20.7 Å². The number of nitrogens with zero attached hydrogens (tertiary/aromatic N) is 1. The summed E-state index contributed by atoms with van der Waals surface area (Å²) >= 11 is 0. The number of hydrogen-bond acceptors (Lipinski definition) is 3. The molecular formula is C16H20N2O3. The van der Waals surface area contributed by atoms with E-state index < -0.39 is 0 Å². The molecule has 1 saturated carbocycles. The summed E-state index contributed by atoms with van der Waals surface area (Å²) in [6, 6.07) is 5.77. The van der Waals surface area contributed by atoms with Crippen LogP contribution in [0.1, 0.15) is 25.3 Å². The lowest BCUT2D eigenvalue weighted by molar-refractivity contribution is -0.120. The first-order valence-electron chi connectivity index (χ1n) is 7.51. The number of hydrogen-bond donors (Lipinski definition) is 1. The van der Waals surface area contributed by atoms with Gasteiger partial charge in [-0.1, -0.05) is 6.07 Å². The van der Waals surface area contributed by atoms with Gasteiger partial charge in [0.05, 0.1) is 0 Å². The molecule has 0 radical (unpaired) electrons. The summed E-state index contributed by atoms with van der Waals surface area (Å²) < 4.78 is 5.08. The van der Waals surface area contributed by atoms with Gasteiger partial charge in [-0.2, -0.15) is 0 Å². The van der Waals surface area contributed by atoms with Gasteiger partial charge in [0.1, 0.15) is 6.61 Å². The second kappa shape index (κ2) is 5.85. The average molecular weight is 288 g/mol. The van der Waals surface area contributed by atoms with E-state index >= 15 is 0 Å². The molecule has 0 unspecified atom stereocenters. The fourth-order valence-corrected chi connectivity index (χ4v) is 2.63. The maximum atomic E-state index is 12.3. The predicted octanol–water partition coefficient (Wildman–Crippen LogP) is 1.96. The van der Waals surface area contributed by atoms with Crippen molar-refractivity contribution >= 4 is 23.2 Å². The van der Waals surface area contributed by atoms with Crippen LogP contribution in [0.4, 0.5) is 11.4 Å². The minimum Gasteiger partial charge on any atom is -0.372 e. The van der Waals surface area contributed by atoms with Gasteiger partial charge in [-0.3, -0.25) is 9.59 Å². The van der Waals surface area contributed by atoms with Gasteiger partial charge in [-0.15, -0.1) is 0 Å². The molecule has 1 aliphatic heterocycles. The summed E-state index contributed by atoms with van der Waals surface area (Å²) in [5, 5.41) is 2.81. The lowest BCUT2D eigenvalue weighted by Gasteiger charge is -2.18. The highest BCUT2D eigenvalue weighted by molar-refractivity contribution is 5.99. The Hall–Kier alpha value is -1.88. The van der Waals surface area contributed by atoms with Crippen molar-refractivity contribution in [1.29, 1.82) is 0 Å². The second-order valence-electron chi connectivity index (χ2n) is 5.54. The van der Waals surface area contributed by atoms with Crippen LogP contribution >= 0.6 is 0 Å². The van der Waals surface area contributed by atoms with Crippen molar-refractivity contribution in [1.82, 2.24) is 0 Å². The number of benzene rings is 1. The van der Waals surface area contributed by atoms with E-state index in [4.69, 9.17) is 4.74 Å². The van der Waals surface area contributed by atoms with Crippen LogP contribution in [0.3, 0.4) is 0 Å². The fraction of sp³-hybridized carbons (Fsp3) is 0.500. The number of nitrogens with one attached hydrogen (secondary N) is 1. The van der Waals surface area contributed by atoms with E-state index in [9.17, 15) is 9.59 Å². The summed E-state index contributed by atoms with van der Waals surface area (Å²) in [6.07, 6.45) is 2.91. The van der Waals surface area contributed by atoms with Crippen LogP contribution < -0.4 is 10.2 Å². The Labute approximate surface area is 124 Å². The van der Waals surface area contributed by atoms with E-state index in [1.165, 1.54) is 5.56 Å². The Kier molecular flexibility index (Phi) is 3.92. The van der Waals surface area contributed by atoms with Crippen LogP contribution in [0.5, 0.6) is 0 Å². The van der Waals surface area contributed by atoms with E-state index in [0.29, 0.717) is 12.3 Å². The zero-order valence-electron chi connectivity index (χ0n) is 12.2. The number of rotatable bonds is 5. The van der Waals surface area contributed by atoms with Gasteiger partial charge in [0, 0.05) is 30.4 Å². The predicted molar refractivity (Wildman–Crippen MR) is 80.3 cm³/mol. The molecule has 0 spiro atoms. The van der Waals surface area contributed by atoms with Crippen LogP contribution in [0, 0.1) is 5.92 Å². The second-order valence-corrected chi connectivity index (χ2v) is 5.54. The highest BCUT2D eigenvalue weighted by atomic mass is 16.5. The standard InChI is InChI=1S/C16H20N2O3/c1-2-21-10-15(19)17-13-6-5-11-7-8-18(14(11)9-13)16(20)12-3-4-12/h5-6,9,12H,2-4,7-8,10H2,1H3,(H,17,19). The minimum atomic E-state index is -0.171. The molecule has 1 heterocycles. The van der Waals surface area contributed by atoms with Gasteiger partial charge >= 0.3 is 0 Å². The molecule has 2 amide bonds. The topological polar surface area (TPSA) is 58.6 Å². The van der Waals surface area contributed by atoms with Crippen molar-refractivity contribution in [3.05, 3.63) is 23.8 Å². The molecule has 1 fully saturated rings. The Morgan fingerprint density at radius 1 is 1.38 bits per heavy atom. The molecule has 0 atom stereocenters. The molecule has 2 aliphatic rings. The monoisotopic (exact) mass is 288 g/mol.